The minimum atomic E-state index is 0.0182. The highest BCUT2D eigenvalue weighted by Gasteiger charge is 2.19. The van der Waals surface area contributed by atoms with Crippen LogP contribution in [0.25, 0.3) is 0 Å². The van der Waals surface area contributed by atoms with E-state index in [0.29, 0.717) is 13.0 Å². The van der Waals surface area contributed by atoms with Crippen molar-refractivity contribution in [3.63, 3.8) is 0 Å². The smallest absolute Gasteiger partial charge is 0.224 e. The molecule has 2 rings (SSSR count). The van der Waals surface area contributed by atoms with Gasteiger partial charge in [-0.25, -0.2) is 0 Å². The molecule has 5 heteroatoms. The Morgan fingerprint density at radius 2 is 2.32 bits per heavy atom. The van der Waals surface area contributed by atoms with Gasteiger partial charge in [-0.3, -0.25) is 9.78 Å². The van der Waals surface area contributed by atoms with Gasteiger partial charge in [0, 0.05) is 39.1 Å². The zero-order valence-electron chi connectivity index (χ0n) is 11.3. The van der Waals surface area contributed by atoms with Crippen LogP contribution >= 0.6 is 0 Å². The molecule has 1 saturated heterocycles. The molecule has 0 bridgehead atoms. The molecule has 0 spiro atoms. The summed E-state index contributed by atoms with van der Waals surface area (Å²) in [5, 5.41) is 3.23. The van der Waals surface area contributed by atoms with Crippen molar-refractivity contribution >= 4 is 5.91 Å². The number of pyridine rings is 1. The van der Waals surface area contributed by atoms with E-state index < -0.39 is 0 Å². The van der Waals surface area contributed by atoms with Gasteiger partial charge >= 0.3 is 0 Å². The van der Waals surface area contributed by atoms with E-state index in [2.05, 4.69) is 10.3 Å². The zero-order chi connectivity index (χ0) is 13.5. The van der Waals surface area contributed by atoms with Crippen molar-refractivity contribution in [3.05, 3.63) is 30.1 Å². The van der Waals surface area contributed by atoms with Gasteiger partial charge in [-0.2, -0.15) is 0 Å². The van der Waals surface area contributed by atoms with Gasteiger partial charge in [-0.1, -0.05) is 0 Å². The number of hydrogen-bond donors (Lipinski definition) is 1. The minimum absolute atomic E-state index is 0.0182. The third-order valence-corrected chi connectivity index (χ3v) is 3.32. The fourth-order valence-corrected chi connectivity index (χ4v) is 2.07. The highest BCUT2D eigenvalue weighted by molar-refractivity contribution is 5.76. The molecule has 1 atom stereocenters. The van der Waals surface area contributed by atoms with E-state index in [9.17, 15) is 4.79 Å². The molecule has 1 aliphatic rings. The molecule has 2 heterocycles. The Morgan fingerprint density at radius 3 is 3.00 bits per heavy atom. The van der Waals surface area contributed by atoms with Crippen molar-refractivity contribution in [2.24, 2.45) is 0 Å². The van der Waals surface area contributed by atoms with E-state index in [1.807, 2.05) is 19.2 Å². The fourth-order valence-electron chi connectivity index (χ4n) is 2.07. The monoisotopic (exact) mass is 263 g/mol. The van der Waals surface area contributed by atoms with Crippen LogP contribution in [-0.4, -0.2) is 55.2 Å². The second kappa shape index (κ2) is 7.21. The molecule has 0 saturated carbocycles. The third-order valence-electron chi connectivity index (χ3n) is 3.32. The van der Waals surface area contributed by atoms with Crippen LogP contribution in [0.3, 0.4) is 0 Å². The van der Waals surface area contributed by atoms with Gasteiger partial charge in [-0.05, 0) is 24.1 Å². The molecule has 104 valence electrons. The second-order valence-corrected chi connectivity index (χ2v) is 4.82. The Bertz CT molecular complexity index is 391. The van der Waals surface area contributed by atoms with E-state index >= 15 is 0 Å². The van der Waals surface area contributed by atoms with E-state index in [1.165, 1.54) is 5.56 Å². The number of hydrogen-bond acceptors (Lipinski definition) is 4. The number of likely N-dealkylation sites (N-methyl/N-ethyl adjacent to an activating group) is 1. The maximum absolute atomic E-state index is 12.0. The van der Waals surface area contributed by atoms with Gasteiger partial charge in [-0.15, -0.1) is 0 Å². The summed E-state index contributed by atoms with van der Waals surface area (Å²) in [6.45, 7) is 3.06. The van der Waals surface area contributed by atoms with E-state index in [0.717, 1.165) is 26.1 Å². The highest BCUT2D eigenvalue weighted by Crippen LogP contribution is 2.05. The van der Waals surface area contributed by atoms with Gasteiger partial charge in [0.2, 0.25) is 5.91 Å². The number of nitrogens with zero attached hydrogens (tertiary/aromatic N) is 2. The summed E-state index contributed by atoms with van der Waals surface area (Å²) < 4.78 is 5.54. The molecule has 1 amide bonds. The lowest BCUT2D eigenvalue weighted by Gasteiger charge is -2.25. The van der Waals surface area contributed by atoms with Crippen LogP contribution in [0.1, 0.15) is 12.0 Å². The number of carbonyl (C=O) groups is 1. The molecule has 0 aromatic carbocycles. The number of ether oxygens (including phenoxy) is 1. The summed E-state index contributed by atoms with van der Waals surface area (Å²) in [6, 6.07) is 3.96. The van der Waals surface area contributed by atoms with Crippen LogP contribution in [-0.2, 0) is 16.0 Å². The van der Waals surface area contributed by atoms with Crippen molar-refractivity contribution < 1.29 is 9.53 Å². The van der Waals surface area contributed by atoms with Gasteiger partial charge in [0.05, 0.1) is 19.1 Å². The Balaban J connectivity index is 1.72. The molecule has 0 radical (unpaired) electrons. The Kier molecular flexibility index (Phi) is 5.30. The summed E-state index contributed by atoms with van der Waals surface area (Å²) in [6.07, 6.45) is 4.88. The third kappa shape index (κ3) is 4.61. The average molecular weight is 263 g/mol. The molecule has 1 aromatic heterocycles. The maximum Gasteiger partial charge on any atom is 0.224 e. The van der Waals surface area contributed by atoms with Crippen LogP contribution in [0.4, 0.5) is 0 Å². The Labute approximate surface area is 114 Å². The summed E-state index contributed by atoms with van der Waals surface area (Å²) in [5.41, 5.74) is 1.20. The van der Waals surface area contributed by atoms with Crippen molar-refractivity contribution in [1.29, 1.82) is 0 Å². The van der Waals surface area contributed by atoms with Gasteiger partial charge in [0.25, 0.3) is 0 Å². The van der Waals surface area contributed by atoms with Crippen LogP contribution < -0.4 is 5.32 Å². The van der Waals surface area contributed by atoms with Gasteiger partial charge in [0.15, 0.2) is 0 Å². The molecule has 1 unspecified atom stereocenters. The van der Waals surface area contributed by atoms with E-state index in [1.54, 1.807) is 17.3 Å². The maximum atomic E-state index is 12.0. The second-order valence-electron chi connectivity index (χ2n) is 4.82. The molecule has 1 N–H and O–H groups in total. The van der Waals surface area contributed by atoms with E-state index in [-0.39, 0.29) is 12.0 Å². The highest BCUT2D eigenvalue weighted by atomic mass is 16.5. The molecular formula is C14H21N3O2. The quantitative estimate of drug-likeness (QED) is 0.838. The predicted octanol–water partition coefficient (Wildman–Crippen LogP) is 0.461. The molecule has 1 aliphatic heterocycles. The first-order chi connectivity index (χ1) is 9.25. The SMILES string of the molecule is CN(CCc1ccncc1)C(=O)CC1CNCCO1. The van der Waals surface area contributed by atoms with Crippen molar-refractivity contribution in [1.82, 2.24) is 15.2 Å². The van der Waals surface area contributed by atoms with Crippen LogP contribution in [0, 0.1) is 0 Å². The molecule has 1 fully saturated rings. The number of aromatic nitrogens is 1. The molecule has 5 nitrogen and oxygen atoms in total. The number of nitrogens with one attached hydrogen (secondary N) is 1. The minimum Gasteiger partial charge on any atom is -0.375 e. The summed E-state index contributed by atoms with van der Waals surface area (Å²) in [7, 11) is 1.85. The molecule has 1 aromatic rings. The van der Waals surface area contributed by atoms with Crippen molar-refractivity contribution in [2.75, 3.05) is 33.3 Å². The lowest BCUT2D eigenvalue weighted by atomic mass is 10.1. The summed E-state index contributed by atoms with van der Waals surface area (Å²) >= 11 is 0. The topological polar surface area (TPSA) is 54.5 Å². The Morgan fingerprint density at radius 1 is 1.53 bits per heavy atom. The zero-order valence-corrected chi connectivity index (χ0v) is 11.3. The number of rotatable bonds is 5. The predicted molar refractivity (Wildman–Crippen MR) is 72.8 cm³/mol. The lowest BCUT2D eigenvalue weighted by molar-refractivity contribution is -0.133. The fraction of sp³-hybridized carbons (Fsp3) is 0.571. The lowest BCUT2D eigenvalue weighted by Crippen LogP contribution is -2.42. The number of morpholine rings is 1. The summed E-state index contributed by atoms with van der Waals surface area (Å²) in [4.78, 5) is 17.8. The molecule has 19 heavy (non-hydrogen) atoms. The van der Waals surface area contributed by atoms with Crippen LogP contribution in [0.15, 0.2) is 24.5 Å². The van der Waals surface area contributed by atoms with Gasteiger partial charge in [0.1, 0.15) is 0 Å². The number of carbonyl (C=O) groups excluding carboxylic acids is 1. The normalized spacial score (nSPS) is 19.1. The van der Waals surface area contributed by atoms with Crippen LogP contribution in [0.2, 0.25) is 0 Å². The molecule has 0 aliphatic carbocycles. The van der Waals surface area contributed by atoms with Crippen molar-refractivity contribution in [3.8, 4) is 0 Å². The largest absolute Gasteiger partial charge is 0.375 e. The summed E-state index contributed by atoms with van der Waals surface area (Å²) in [5.74, 6) is 0.141. The van der Waals surface area contributed by atoms with Gasteiger partial charge < -0.3 is 15.0 Å². The number of amides is 1. The van der Waals surface area contributed by atoms with Crippen molar-refractivity contribution in [2.45, 2.75) is 18.9 Å². The first-order valence-corrected chi connectivity index (χ1v) is 6.71. The average Bonchev–Trinajstić information content (AvgIpc) is 2.47. The Hall–Kier alpha value is -1.46. The van der Waals surface area contributed by atoms with Crippen LogP contribution in [0.5, 0.6) is 0 Å². The molecular weight excluding hydrogens is 242 g/mol. The van der Waals surface area contributed by atoms with E-state index in [4.69, 9.17) is 4.74 Å². The first-order valence-electron chi connectivity index (χ1n) is 6.71. The first kappa shape index (κ1) is 14.0. The standard InChI is InChI=1S/C14H21N3O2/c1-17(8-4-12-2-5-15-6-3-12)14(18)10-13-11-16-7-9-19-13/h2-3,5-6,13,16H,4,7-11H2,1H3.